The fraction of sp³-hybridized carbons (Fsp3) is 0.500. The lowest BCUT2D eigenvalue weighted by atomic mass is 8.92. The van der Waals surface area contributed by atoms with E-state index in [1.54, 1.807) is 12.1 Å². The number of nitrogens with one attached hydrogen (secondary N) is 1. The van der Waals surface area contributed by atoms with Crippen LogP contribution in [0, 0.1) is 46.3 Å². The average Bonchev–Trinajstić information content (AvgIpc) is 2.96. The number of aliphatic hydroxyl groups excluding tert-OH is 1. The van der Waals surface area contributed by atoms with Crippen molar-refractivity contribution < 1.29 is 29.3 Å². The number of carbonyl (C=O) groups is 3. The lowest BCUT2D eigenvalue weighted by Gasteiger charge is -3.10. The van der Waals surface area contributed by atoms with E-state index < -0.39 is 12.1 Å². The van der Waals surface area contributed by atoms with Crippen LogP contribution in [0.15, 0.2) is 42.5 Å². The highest BCUT2D eigenvalue weighted by atomic mass is 16.5. The van der Waals surface area contributed by atoms with Crippen LogP contribution in [-0.2, 0) is 9.53 Å². The number of likely N-dealkylation sites (tertiary alicyclic amines) is 1. The molecule has 2 aromatic rings. The van der Waals surface area contributed by atoms with Gasteiger partial charge in [-0.2, -0.15) is 0 Å². The van der Waals surface area contributed by atoms with Crippen molar-refractivity contribution in [3.05, 3.63) is 53.6 Å². The third-order valence-corrected chi connectivity index (χ3v) is 11.6. The van der Waals surface area contributed by atoms with Gasteiger partial charge in [0.05, 0.1) is 18.1 Å². The number of benzene rings is 2. The summed E-state index contributed by atoms with van der Waals surface area (Å²) in [6.07, 6.45) is 0.736. The number of anilines is 1. The van der Waals surface area contributed by atoms with Crippen LogP contribution in [0.2, 0.25) is 0 Å². The highest BCUT2D eigenvalue weighted by Gasteiger charge is 3.11. The second-order valence-corrected chi connectivity index (χ2v) is 12.3. The third-order valence-electron chi connectivity index (χ3n) is 11.6. The second-order valence-electron chi connectivity index (χ2n) is 12.3. The Bertz CT molecular complexity index is 1350. The SMILES string of the molecule is COC(=O)c1cc(NC(=O)C23C4C5C2C2C3C4C52CO)cc(-c2ccc(C3CCN(C(=O)O)CC3)cc2)c1. The molecule has 0 bridgehead atoms. The molecule has 8 heteroatoms. The molecule has 1 aliphatic heterocycles. The van der Waals surface area contributed by atoms with Gasteiger partial charge in [0.1, 0.15) is 0 Å². The van der Waals surface area contributed by atoms with Crippen LogP contribution in [0.3, 0.4) is 0 Å². The van der Waals surface area contributed by atoms with Crippen LogP contribution in [0.1, 0.15) is 34.7 Å². The molecule has 2 aromatic carbocycles. The number of aliphatic hydroxyl groups is 1. The minimum absolute atomic E-state index is 0.0727. The molecule has 7 fully saturated rings. The molecule has 196 valence electrons. The molecule has 0 radical (unpaired) electrons. The van der Waals surface area contributed by atoms with Crippen molar-refractivity contribution in [3.8, 4) is 11.1 Å². The Labute approximate surface area is 220 Å². The lowest BCUT2D eigenvalue weighted by Crippen LogP contribution is -3.11. The van der Waals surface area contributed by atoms with Crippen molar-refractivity contribution in [1.82, 2.24) is 4.90 Å². The van der Waals surface area contributed by atoms with Crippen molar-refractivity contribution in [1.29, 1.82) is 0 Å². The predicted octanol–water partition coefficient (Wildman–Crippen LogP) is 3.67. The molecule has 9 rings (SSSR count). The van der Waals surface area contributed by atoms with Gasteiger partial charge in [-0.1, -0.05) is 24.3 Å². The standard InChI is InChI=1S/C30H30N2O6/c1-38-26(34)18-10-17(15-4-2-14(3-5-15)16-6-8-32(9-7-16)28(36)37)11-19(12-18)31-27(35)30-23-20-24(30)22-25(30)21(23)29(20,22)13-33/h2-5,10-12,16,20-25,33H,6-9,13H2,1H3,(H,31,35)(H,36,37). The molecule has 1 saturated heterocycles. The number of carbonyl (C=O) groups excluding carboxylic acids is 2. The van der Waals surface area contributed by atoms with E-state index in [-0.39, 0.29) is 23.3 Å². The summed E-state index contributed by atoms with van der Waals surface area (Å²) in [6.45, 7) is 1.36. The second kappa shape index (κ2) is 7.17. The van der Waals surface area contributed by atoms with Crippen LogP contribution in [0.25, 0.3) is 11.1 Å². The van der Waals surface area contributed by atoms with Crippen molar-refractivity contribution in [2.45, 2.75) is 18.8 Å². The molecule has 8 nitrogen and oxygen atoms in total. The Balaban J connectivity index is 1.02. The van der Waals surface area contributed by atoms with E-state index in [1.165, 1.54) is 17.6 Å². The van der Waals surface area contributed by atoms with Gasteiger partial charge in [-0.25, -0.2) is 9.59 Å². The van der Waals surface area contributed by atoms with E-state index in [0.29, 0.717) is 65.8 Å². The number of rotatable bonds is 6. The number of ether oxygens (including phenoxy) is 1. The van der Waals surface area contributed by atoms with Crippen molar-refractivity contribution in [3.63, 3.8) is 0 Å². The Morgan fingerprint density at radius 2 is 1.58 bits per heavy atom. The van der Waals surface area contributed by atoms with Crippen LogP contribution in [0.4, 0.5) is 10.5 Å². The number of piperidine rings is 1. The summed E-state index contributed by atoms with van der Waals surface area (Å²) in [7, 11) is 1.35. The van der Waals surface area contributed by atoms with Crippen molar-refractivity contribution >= 4 is 23.7 Å². The summed E-state index contributed by atoms with van der Waals surface area (Å²) in [5.41, 5.74) is 3.85. The molecular weight excluding hydrogens is 484 g/mol. The average molecular weight is 515 g/mol. The Morgan fingerprint density at radius 1 is 0.947 bits per heavy atom. The first-order valence-electron chi connectivity index (χ1n) is 13.6. The highest BCUT2D eigenvalue weighted by Crippen LogP contribution is 3.10. The lowest BCUT2D eigenvalue weighted by molar-refractivity contribution is -0.643. The van der Waals surface area contributed by atoms with E-state index in [1.807, 2.05) is 18.2 Å². The summed E-state index contributed by atoms with van der Waals surface area (Å²) in [5.74, 6) is 2.89. The van der Waals surface area contributed by atoms with Gasteiger partial charge in [0.25, 0.3) is 0 Å². The van der Waals surface area contributed by atoms with Crippen molar-refractivity contribution in [2.75, 3.05) is 32.1 Å². The summed E-state index contributed by atoms with van der Waals surface area (Å²) in [5, 5.41) is 22.2. The van der Waals surface area contributed by atoms with E-state index in [2.05, 4.69) is 17.4 Å². The maximum absolute atomic E-state index is 13.5. The molecule has 38 heavy (non-hydrogen) atoms. The molecule has 0 unspecified atom stereocenters. The van der Waals surface area contributed by atoms with E-state index in [0.717, 1.165) is 24.0 Å². The number of esters is 1. The maximum atomic E-state index is 13.5. The molecule has 0 spiro atoms. The molecule has 1 heterocycles. The van der Waals surface area contributed by atoms with Gasteiger partial charge in [-0.05, 0) is 89.2 Å². The van der Waals surface area contributed by atoms with Gasteiger partial charge in [0.15, 0.2) is 0 Å². The molecule has 3 N–H and O–H groups in total. The maximum Gasteiger partial charge on any atom is 0.407 e. The Hall–Kier alpha value is -3.39. The zero-order chi connectivity index (χ0) is 26.1. The van der Waals surface area contributed by atoms with Gasteiger partial charge in [0, 0.05) is 30.8 Å². The van der Waals surface area contributed by atoms with Crippen LogP contribution in [-0.4, -0.2) is 59.9 Å². The summed E-state index contributed by atoms with van der Waals surface area (Å²) in [6, 6.07) is 13.6. The fourth-order valence-corrected chi connectivity index (χ4v) is 10.2. The zero-order valence-electron chi connectivity index (χ0n) is 21.1. The number of hydrogen-bond donors (Lipinski definition) is 3. The minimum Gasteiger partial charge on any atom is -0.465 e. The zero-order valence-corrected chi connectivity index (χ0v) is 21.1. The summed E-state index contributed by atoms with van der Waals surface area (Å²) < 4.78 is 4.99. The highest BCUT2D eigenvalue weighted by molar-refractivity contribution is 6.03. The number of amides is 2. The molecule has 6 aliphatic carbocycles. The Morgan fingerprint density at radius 3 is 2.13 bits per heavy atom. The topological polar surface area (TPSA) is 116 Å². The predicted molar refractivity (Wildman–Crippen MR) is 136 cm³/mol. The molecule has 7 aliphatic rings. The quantitative estimate of drug-likeness (QED) is 0.507. The monoisotopic (exact) mass is 514 g/mol. The van der Waals surface area contributed by atoms with E-state index >= 15 is 0 Å². The first kappa shape index (κ1) is 22.6. The molecule has 6 saturated carbocycles. The van der Waals surface area contributed by atoms with E-state index in [9.17, 15) is 24.6 Å². The van der Waals surface area contributed by atoms with Gasteiger partial charge in [0.2, 0.25) is 5.91 Å². The van der Waals surface area contributed by atoms with Gasteiger partial charge >= 0.3 is 12.1 Å². The van der Waals surface area contributed by atoms with Crippen LogP contribution >= 0.6 is 0 Å². The molecule has 2 amide bonds. The minimum atomic E-state index is -0.860. The number of methoxy groups -OCH3 is 1. The normalized spacial score (nSPS) is 38.4. The molecular formula is C30H30N2O6. The molecule has 0 aromatic heterocycles. The number of nitrogens with zero attached hydrogens (tertiary/aromatic N) is 1. The fourth-order valence-electron chi connectivity index (χ4n) is 10.2. The van der Waals surface area contributed by atoms with Crippen molar-refractivity contribution in [2.24, 2.45) is 46.3 Å². The summed E-state index contributed by atoms with van der Waals surface area (Å²) in [4.78, 5) is 38.7. The smallest absolute Gasteiger partial charge is 0.407 e. The Kier molecular flexibility index (Phi) is 4.26. The van der Waals surface area contributed by atoms with Gasteiger partial charge in [-0.15, -0.1) is 0 Å². The van der Waals surface area contributed by atoms with Gasteiger partial charge < -0.3 is 25.2 Å². The third kappa shape index (κ3) is 2.28. The number of carboxylic acid groups (broad SMARTS) is 1. The summed E-state index contributed by atoms with van der Waals surface area (Å²) >= 11 is 0. The largest absolute Gasteiger partial charge is 0.465 e. The van der Waals surface area contributed by atoms with Gasteiger partial charge in [-0.3, -0.25) is 4.79 Å². The first-order valence-corrected chi connectivity index (χ1v) is 13.6. The van der Waals surface area contributed by atoms with Crippen LogP contribution in [0.5, 0.6) is 0 Å². The molecule has 0 atom stereocenters. The number of hydrogen-bond acceptors (Lipinski definition) is 5. The van der Waals surface area contributed by atoms with E-state index in [4.69, 9.17) is 4.74 Å². The van der Waals surface area contributed by atoms with Crippen LogP contribution < -0.4 is 5.32 Å². The first-order chi connectivity index (χ1) is 18.4.